The van der Waals surface area contributed by atoms with Crippen molar-refractivity contribution in [1.29, 1.82) is 0 Å². The number of nitrogens with one attached hydrogen (secondary N) is 1. The Kier molecular flexibility index (Phi) is 5.33. The van der Waals surface area contributed by atoms with Crippen LogP contribution in [-0.2, 0) is 26.7 Å². The van der Waals surface area contributed by atoms with Gasteiger partial charge in [0.25, 0.3) is 15.6 Å². The van der Waals surface area contributed by atoms with Crippen LogP contribution in [0, 0.1) is 6.92 Å². The van der Waals surface area contributed by atoms with Crippen LogP contribution in [0.3, 0.4) is 0 Å². The summed E-state index contributed by atoms with van der Waals surface area (Å²) in [6.07, 6.45) is 9.08. The van der Waals surface area contributed by atoms with Crippen molar-refractivity contribution in [3.8, 4) is 11.3 Å². The van der Waals surface area contributed by atoms with Gasteiger partial charge in [-0.3, -0.25) is 9.89 Å². The van der Waals surface area contributed by atoms with Crippen molar-refractivity contribution in [2.45, 2.75) is 36.8 Å². The fraction of sp³-hybridized carbons (Fsp3) is 0.280. The van der Waals surface area contributed by atoms with Crippen LogP contribution >= 0.6 is 0 Å². The molecule has 9 heteroatoms. The van der Waals surface area contributed by atoms with E-state index in [2.05, 4.69) is 10.1 Å². The molecule has 0 amide bonds. The van der Waals surface area contributed by atoms with Gasteiger partial charge in [-0.25, -0.2) is 22.4 Å². The second-order valence-corrected chi connectivity index (χ2v) is 10.6. The molecule has 5 rings (SSSR count). The van der Waals surface area contributed by atoms with Crippen molar-refractivity contribution in [2.24, 2.45) is 0 Å². The predicted molar refractivity (Wildman–Crippen MR) is 130 cm³/mol. The average Bonchev–Trinajstić information content (AvgIpc) is 3.06. The minimum atomic E-state index is -3.87. The van der Waals surface area contributed by atoms with E-state index in [-0.39, 0.29) is 29.5 Å². The van der Waals surface area contributed by atoms with Crippen molar-refractivity contribution >= 4 is 15.8 Å². The summed E-state index contributed by atoms with van der Waals surface area (Å²) in [5.41, 5.74) is 1.67. The number of nitrogens with zero attached hydrogens (tertiary/aromatic N) is 3. The molecule has 2 aromatic heterocycles. The number of anilines is 1. The highest BCUT2D eigenvalue weighted by Gasteiger charge is 2.39. The number of allylic oxidation sites excluding steroid dienone is 2. The van der Waals surface area contributed by atoms with Crippen molar-refractivity contribution in [3.63, 3.8) is 0 Å². The van der Waals surface area contributed by atoms with E-state index in [4.69, 9.17) is 4.74 Å². The summed E-state index contributed by atoms with van der Waals surface area (Å²) < 4.78 is 35.7. The van der Waals surface area contributed by atoms with Gasteiger partial charge in [0.05, 0.1) is 10.6 Å². The van der Waals surface area contributed by atoms with Gasteiger partial charge in [-0.2, -0.15) is 0 Å². The Morgan fingerprint density at radius 1 is 1.18 bits per heavy atom. The molecule has 0 bridgehead atoms. The molecule has 3 aromatic rings. The molecule has 2 unspecified atom stereocenters. The Hall–Kier alpha value is -3.43. The fourth-order valence-corrected chi connectivity index (χ4v) is 6.11. The molecule has 0 saturated carbocycles. The number of hydrogen-bond acceptors (Lipinski definition) is 5. The van der Waals surface area contributed by atoms with Crippen molar-refractivity contribution in [2.75, 3.05) is 18.0 Å². The van der Waals surface area contributed by atoms with Crippen LogP contribution in [0.1, 0.15) is 18.1 Å². The van der Waals surface area contributed by atoms with Gasteiger partial charge in [0, 0.05) is 31.0 Å². The number of aromatic amines is 1. The first-order valence-corrected chi connectivity index (χ1v) is 12.5. The van der Waals surface area contributed by atoms with Gasteiger partial charge in [-0.1, -0.05) is 42.0 Å². The lowest BCUT2D eigenvalue weighted by Gasteiger charge is -2.34. The van der Waals surface area contributed by atoms with E-state index in [9.17, 15) is 13.2 Å². The quantitative estimate of drug-likeness (QED) is 0.621. The van der Waals surface area contributed by atoms with E-state index >= 15 is 0 Å². The average molecular weight is 479 g/mol. The second-order valence-electron chi connectivity index (χ2n) is 8.75. The number of benzene rings is 1. The number of ether oxygens (including phenoxy) is 1. The Bertz CT molecular complexity index is 1470. The maximum Gasteiger partial charge on any atom is 0.271 e. The molecule has 0 fully saturated rings. The third kappa shape index (κ3) is 3.35. The minimum absolute atomic E-state index is 0.0977. The van der Waals surface area contributed by atoms with Crippen molar-refractivity contribution in [1.82, 2.24) is 14.8 Å². The van der Waals surface area contributed by atoms with E-state index in [0.717, 1.165) is 5.56 Å². The lowest BCUT2D eigenvalue weighted by Crippen LogP contribution is -2.47. The zero-order valence-corrected chi connectivity index (χ0v) is 20.0. The first kappa shape index (κ1) is 22.4. The van der Waals surface area contributed by atoms with Crippen LogP contribution < -0.4 is 9.86 Å². The second kappa shape index (κ2) is 8.11. The van der Waals surface area contributed by atoms with Gasteiger partial charge in [-0.05, 0) is 44.5 Å². The number of H-pyrrole nitrogens is 1. The van der Waals surface area contributed by atoms with Crippen LogP contribution in [0.15, 0.2) is 76.6 Å². The first-order valence-electron chi connectivity index (χ1n) is 11.1. The van der Waals surface area contributed by atoms with Crippen LogP contribution in [0.25, 0.3) is 11.3 Å². The highest BCUT2D eigenvalue weighted by atomic mass is 32.2. The number of fused-ring (bicyclic) bond motifs is 3. The maximum atomic E-state index is 13.6. The van der Waals surface area contributed by atoms with Crippen molar-refractivity contribution < 1.29 is 13.2 Å². The molecule has 1 aromatic carbocycles. The molecule has 0 radical (unpaired) electrons. The third-order valence-corrected chi connectivity index (χ3v) is 8.40. The van der Waals surface area contributed by atoms with Gasteiger partial charge in [0.2, 0.25) is 0 Å². The molecular formula is C25H26N4O4S. The van der Waals surface area contributed by atoms with Gasteiger partial charge in [-0.15, -0.1) is 0 Å². The molecule has 176 valence electrons. The number of pyridine rings is 1. The Labute approximate surface area is 198 Å². The number of rotatable bonds is 4. The largest absolute Gasteiger partial charge is 0.375 e. The summed E-state index contributed by atoms with van der Waals surface area (Å²) in [5.74, 6) is 0.294. The molecule has 34 heavy (non-hydrogen) atoms. The molecule has 3 heterocycles. The van der Waals surface area contributed by atoms with Crippen LogP contribution in [0.5, 0.6) is 0 Å². The molecule has 1 aliphatic heterocycles. The zero-order chi connectivity index (χ0) is 24.1. The van der Waals surface area contributed by atoms with E-state index < -0.39 is 15.6 Å². The summed E-state index contributed by atoms with van der Waals surface area (Å²) >= 11 is 0. The Balaban J connectivity index is 1.66. The molecule has 1 N–H and O–H groups in total. The molecule has 2 atom stereocenters. The summed E-state index contributed by atoms with van der Waals surface area (Å²) in [6.45, 7) is 3.93. The summed E-state index contributed by atoms with van der Waals surface area (Å²) in [7, 11) is -2.26. The lowest BCUT2D eigenvalue weighted by molar-refractivity contribution is 0.0551. The van der Waals surface area contributed by atoms with E-state index in [0.29, 0.717) is 22.6 Å². The summed E-state index contributed by atoms with van der Waals surface area (Å²) in [5, 5.41) is 3.27. The van der Waals surface area contributed by atoms with E-state index in [1.54, 1.807) is 54.4 Å². The maximum absolute atomic E-state index is 13.6. The van der Waals surface area contributed by atoms with E-state index in [1.165, 1.54) is 4.31 Å². The SMILES string of the molecule is COC1C=CC=CC1(C)n1[nH]c2c(c1=O)CCN(S(=O)(=O)c1ccc(C)cc1)c1ncccc1-2. The van der Waals surface area contributed by atoms with Crippen LogP contribution in [-0.4, -0.2) is 42.9 Å². The highest BCUT2D eigenvalue weighted by Crippen LogP contribution is 2.37. The normalized spacial score (nSPS) is 21.7. The number of aromatic nitrogens is 3. The van der Waals surface area contributed by atoms with Gasteiger partial charge >= 0.3 is 0 Å². The number of methoxy groups -OCH3 is 1. The third-order valence-electron chi connectivity index (χ3n) is 6.60. The fourth-order valence-electron chi connectivity index (χ4n) is 4.67. The Morgan fingerprint density at radius 3 is 2.68 bits per heavy atom. The van der Waals surface area contributed by atoms with Crippen LogP contribution in [0.2, 0.25) is 0 Å². The predicted octanol–water partition coefficient (Wildman–Crippen LogP) is 3.15. The number of aryl methyl sites for hydroxylation is 1. The molecule has 0 saturated heterocycles. The summed E-state index contributed by atoms with van der Waals surface area (Å²) in [4.78, 5) is 18.3. The van der Waals surface area contributed by atoms with E-state index in [1.807, 2.05) is 38.2 Å². The molecule has 1 aliphatic carbocycles. The van der Waals surface area contributed by atoms with Gasteiger partial charge < -0.3 is 4.74 Å². The minimum Gasteiger partial charge on any atom is -0.375 e. The van der Waals surface area contributed by atoms with Crippen LogP contribution in [0.4, 0.5) is 5.82 Å². The molecule has 0 spiro atoms. The smallest absolute Gasteiger partial charge is 0.271 e. The lowest BCUT2D eigenvalue weighted by atomic mass is 9.90. The standard InChI is InChI=1S/C25H26N4O4S/c1-17-9-11-18(12-10-17)34(31,32)28-16-13-20-22(19-7-6-15-26-23(19)28)27-29(24(20)30)25(2)14-5-4-8-21(25)33-3/h4-12,14-15,21,27H,13,16H2,1-3H3. The highest BCUT2D eigenvalue weighted by molar-refractivity contribution is 7.92. The summed E-state index contributed by atoms with van der Waals surface area (Å²) in [6, 6.07) is 10.3. The molecule has 2 aliphatic rings. The van der Waals surface area contributed by atoms with Gasteiger partial charge in [0.15, 0.2) is 5.82 Å². The number of hydrogen-bond donors (Lipinski definition) is 1. The zero-order valence-electron chi connectivity index (χ0n) is 19.2. The first-order chi connectivity index (χ1) is 16.3. The van der Waals surface area contributed by atoms with Gasteiger partial charge in [0.1, 0.15) is 11.6 Å². The topological polar surface area (TPSA) is 97.3 Å². The number of sulfonamides is 1. The van der Waals surface area contributed by atoms with Crippen molar-refractivity contribution in [3.05, 3.63) is 88.4 Å². The Morgan fingerprint density at radius 2 is 1.94 bits per heavy atom. The molecular weight excluding hydrogens is 452 g/mol. The monoisotopic (exact) mass is 478 g/mol. The molecule has 8 nitrogen and oxygen atoms in total.